The number of hydrogen-bond donors (Lipinski definition) is 2. The smallest absolute Gasteiger partial charge is 0.163 e. The molecule has 4 aromatic rings. The lowest BCUT2D eigenvalue weighted by molar-refractivity contribution is 0.643. The lowest BCUT2D eigenvalue weighted by Crippen LogP contribution is -2.04. The molecule has 0 radical (unpaired) electrons. The van der Waals surface area contributed by atoms with E-state index in [1.165, 1.54) is 6.33 Å². The Morgan fingerprint density at radius 2 is 2.04 bits per heavy atom. The van der Waals surface area contributed by atoms with Gasteiger partial charge in [-0.05, 0) is 17.2 Å². The molecule has 8 nitrogen and oxygen atoms in total. The number of nitrogens with zero attached hydrogens (tertiary/aromatic N) is 6. The fourth-order valence-corrected chi connectivity index (χ4v) is 2.76. The van der Waals surface area contributed by atoms with Gasteiger partial charge in [0.15, 0.2) is 5.65 Å². The largest absolute Gasteiger partial charge is 0.365 e. The number of hydrogen-bond acceptors (Lipinski definition) is 6. The molecule has 0 aliphatic rings. The first-order chi connectivity index (χ1) is 12.8. The van der Waals surface area contributed by atoms with Crippen molar-refractivity contribution >= 4 is 16.9 Å². The third-order valence-corrected chi connectivity index (χ3v) is 4.09. The molecule has 0 bridgehead atoms. The van der Waals surface area contributed by atoms with Gasteiger partial charge in [0.1, 0.15) is 12.1 Å². The van der Waals surface area contributed by atoms with Gasteiger partial charge in [-0.15, -0.1) is 0 Å². The number of aromatic nitrogens is 6. The average molecular weight is 344 g/mol. The van der Waals surface area contributed by atoms with E-state index in [2.05, 4.69) is 60.9 Å². The molecule has 4 rings (SSSR count). The van der Waals surface area contributed by atoms with E-state index < -0.39 is 0 Å². The maximum Gasteiger partial charge on any atom is 0.163 e. The molecule has 0 amide bonds. The van der Waals surface area contributed by atoms with Crippen LogP contribution in [0.4, 0.5) is 5.82 Å². The van der Waals surface area contributed by atoms with Crippen molar-refractivity contribution in [3.8, 4) is 17.3 Å². The molecule has 26 heavy (non-hydrogen) atoms. The summed E-state index contributed by atoms with van der Waals surface area (Å²) in [5, 5.41) is 24.2. The quantitative estimate of drug-likeness (QED) is 0.557. The zero-order chi connectivity index (χ0) is 17.8. The molecule has 0 spiro atoms. The number of nitrogens with one attached hydrogen (secondary N) is 2. The third-order valence-electron chi connectivity index (χ3n) is 4.09. The van der Waals surface area contributed by atoms with Crippen molar-refractivity contribution < 1.29 is 0 Å². The highest BCUT2D eigenvalue weighted by Gasteiger charge is 2.09. The summed E-state index contributed by atoms with van der Waals surface area (Å²) >= 11 is 0. The van der Waals surface area contributed by atoms with Gasteiger partial charge < -0.3 is 5.32 Å². The van der Waals surface area contributed by atoms with Crippen molar-refractivity contribution in [1.29, 1.82) is 5.26 Å². The zero-order valence-electron chi connectivity index (χ0n) is 13.9. The fraction of sp³-hybridized carbons (Fsp3) is 0.167. The number of rotatable bonds is 6. The minimum absolute atomic E-state index is 0.395. The van der Waals surface area contributed by atoms with Crippen molar-refractivity contribution in [3.05, 3.63) is 54.6 Å². The molecule has 128 valence electrons. The van der Waals surface area contributed by atoms with Crippen molar-refractivity contribution in [3.63, 3.8) is 0 Å². The summed E-state index contributed by atoms with van der Waals surface area (Å²) in [5.41, 5.74) is 3.95. The van der Waals surface area contributed by atoms with E-state index in [4.69, 9.17) is 5.26 Å². The molecular weight excluding hydrogens is 328 g/mol. The maximum absolute atomic E-state index is 8.74. The number of aromatic amines is 1. The van der Waals surface area contributed by atoms with Crippen LogP contribution in [0.5, 0.6) is 0 Å². The van der Waals surface area contributed by atoms with Gasteiger partial charge in [-0.3, -0.25) is 5.10 Å². The SMILES string of the molecule is N#CCCn1ncc2c(NCc3ccc(-c4ccn[nH]4)cc3)ncnc21. The van der Waals surface area contributed by atoms with E-state index in [1.807, 2.05) is 6.07 Å². The normalized spacial score (nSPS) is 10.7. The van der Waals surface area contributed by atoms with E-state index in [1.54, 1.807) is 17.1 Å². The highest BCUT2D eigenvalue weighted by atomic mass is 15.3. The lowest BCUT2D eigenvalue weighted by Gasteiger charge is -2.07. The first-order valence-corrected chi connectivity index (χ1v) is 8.21. The van der Waals surface area contributed by atoms with E-state index in [0.717, 1.165) is 33.7 Å². The average Bonchev–Trinajstić information content (AvgIpc) is 3.35. The van der Waals surface area contributed by atoms with Crippen LogP contribution in [0.2, 0.25) is 0 Å². The lowest BCUT2D eigenvalue weighted by atomic mass is 10.1. The number of aryl methyl sites for hydroxylation is 1. The molecule has 3 aromatic heterocycles. The van der Waals surface area contributed by atoms with E-state index in [-0.39, 0.29) is 0 Å². The predicted molar refractivity (Wildman–Crippen MR) is 96.9 cm³/mol. The van der Waals surface area contributed by atoms with Gasteiger partial charge >= 0.3 is 0 Å². The molecule has 0 unspecified atom stereocenters. The number of fused-ring (bicyclic) bond motifs is 1. The monoisotopic (exact) mass is 344 g/mol. The van der Waals surface area contributed by atoms with Gasteiger partial charge in [-0.25, -0.2) is 14.6 Å². The van der Waals surface area contributed by atoms with Gasteiger partial charge in [-0.1, -0.05) is 24.3 Å². The predicted octanol–water partition coefficient (Wildman–Crippen LogP) is 2.74. The summed E-state index contributed by atoms with van der Waals surface area (Å²) in [5.74, 6) is 0.732. The number of benzene rings is 1. The highest BCUT2D eigenvalue weighted by molar-refractivity contribution is 5.86. The first kappa shape index (κ1) is 15.8. The van der Waals surface area contributed by atoms with Crippen molar-refractivity contribution in [1.82, 2.24) is 29.9 Å². The Labute approximate surface area is 149 Å². The summed E-state index contributed by atoms with van der Waals surface area (Å²) in [6.45, 7) is 1.16. The second-order valence-corrected chi connectivity index (χ2v) is 5.76. The van der Waals surface area contributed by atoms with Gasteiger partial charge in [0.05, 0.1) is 36.3 Å². The van der Waals surface area contributed by atoms with Crippen LogP contribution in [0.1, 0.15) is 12.0 Å². The molecule has 3 heterocycles. The Hall–Kier alpha value is -3.73. The van der Waals surface area contributed by atoms with E-state index in [9.17, 15) is 0 Å². The van der Waals surface area contributed by atoms with Gasteiger partial charge in [0.2, 0.25) is 0 Å². The van der Waals surface area contributed by atoms with E-state index >= 15 is 0 Å². The van der Waals surface area contributed by atoms with Crippen LogP contribution in [0.15, 0.2) is 49.1 Å². The molecular formula is C18H16N8. The zero-order valence-corrected chi connectivity index (χ0v) is 13.9. The molecule has 0 fully saturated rings. The summed E-state index contributed by atoms with van der Waals surface area (Å²) in [6.07, 6.45) is 5.38. The second kappa shape index (κ2) is 7.03. The minimum atomic E-state index is 0.395. The Morgan fingerprint density at radius 3 is 2.81 bits per heavy atom. The first-order valence-electron chi connectivity index (χ1n) is 8.21. The standard InChI is InChI=1S/C18H16N8/c19-7-1-9-26-18-15(11-24-26)17(21-12-22-18)20-10-13-2-4-14(5-3-13)16-6-8-23-25-16/h2-6,8,11-12H,1,9-10H2,(H,23,25)(H,20,21,22). The number of nitriles is 1. The molecule has 0 saturated heterocycles. The molecule has 2 N–H and O–H groups in total. The van der Waals surface area contributed by atoms with Crippen LogP contribution in [-0.2, 0) is 13.1 Å². The van der Waals surface area contributed by atoms with Crippen LogP contribution in [0.3, 0.4) is 0 Å². The maximum atomic E-state index is 8.74. The van der Waals surface area contributed by atoms with Crippen LogP contribution in [0, 0.1) is 11.3 Å². The second-order valence-electron chi connectivity index (χ2n) is 5.76. The van der Waals surface area contributed by atoms with Crippen LogP contribution < -0.4 is 5.32 Å². The Bertz CT molecular complexity index is 1040. The van der Waals surface area contributed by atoms with Crippen molar-refractivity contribution in [2.75, 3.05) is 5.32 Å². The van der Waals surface area contributed by atoms with Crippen LogP contribution in [-0.4, -0.2) is 29.9 Å². The van der Waals surface area contributed by atoms with Crippen molar-refractivity contribution in [2.45, 2.75) is 19.5 Å². The number of H-pyrrole nitrogens is 1. The molecule has 0 aliphatic heterocycles. The Morgan fingerprint density at radius 1 is 1.15 bits per heavy atom. The molecule has 1 aromatic carbocycles. The third kappa shape index (κ3) is 3.10. The molecule has 0 saturated carbocycles. The summed E-state index contributed by atoms with van der Waals surface area (Å²) in [4.78, 5) is 8.60. The van der Waals surface area contributed by atoms with Crippen LogP contribution in [0.25, 0.3) is 22.3 Å². The topological polar surface area (TPSA) is 108 Å². The summed E-state index contributed by atoms with van der Waals surface area (Å²) in [6, 6.07) is 12.3. The summed E-state index contributed by atoms with van der Waals surface area (Å²) < 4.78 is 1.73. The van der Waals surface area contributed by atoms with Gasteiger partial charge in [0.25, 0.3) is 0 Å². The van der Waals surface area contributed by atoms with Gasteiger partial charge in [-0.2, -0.15) is 15.5 Å². The fourth-order valence-electron chi connectivity index (χ4n) is 2.76. The minimum Gasteiger partial charge on any atom is -0.365 e. The van der Waals surface area contributed by atoms with E-state index in [0.29, 0.717) is 19.5 Å². The highest BCUT2D eigenvalue weighted by Crippen LogP contribution is 2.21. The summed E-state index contributed by atoms with van der Waals surface area (Å²) in [7, 11) is 0. The van der Waals surface area contributed by atoms with Crippen LogP contribution >= 0.6 is 0 Å². The Kier molecular flexibility index (Phi) is 4.26. The van der Waals surface area contributed by atoms with Gasteiger partial charge in [0, 0.05) is 12.7 Å². The number of anilines is 1. The molecule has 8 heteroatoms. The molecule has 0 atom stereocenters. The molecule has 0 aliphatic carbocycles. The Balaban J connectivity index is 1.49. The van der Waals surface area contributed by atoms with Crippen molar-refractivity contribution in [2.24, 2.45) is 0 Å².